The lowest BCUT2D eigenvalue weighted by molar-refractivity contribution is -0.274. The van der Waals surface area contributed by atoms with Gasteiger partial charge in [0.1, 0.15) is 11.6 Å². The van der Waals surface area contributed by atoms with Crippen LogP contribution in [-0.2, 0) is 4.79 Å². The summed E-state index contributed by atoms with van der Waals surface area (Å²) in [4.78, 5) is 16.4. The van der Waals surface area contributed by atoms with E-state index in [2.05, 4.69) is 15.0 Å². The standard InChI is InChI=1S/C20H18F5N3O2/c1-19(2,3)9-15(29)26-17-16(28-10-12(21)8-14(22)18(28)27-17)11-4-6-13(7-5-11)30-20(23,24)25/h4-8,10H,9H2,1-3H3,(H,26,29). The van der Waals surface area contributed by atoms with Crippen molar-refractivity contribution in [1.29, 1.82) is 0 Å². The third-order valence-corrected chi connectivity index (χ3v) is 3.95. The molecule has 3 rings (SSSR count). The van der Waals surface area contributed by atoms with Crippen molar-refractivity contribution in [1.82, 2.24) is 9.38 Å². The van der Waals surface area contributed by atoms with Crippen molar-refractivity contribution >= 4 is 17.4 Å². The van der Waals surface area contributed by atoms with E-state index in [4.69, 9.17) is 0 Å². The zero-order valence-corrected chi connectivity index (χ0v) is 16.3. The highest BCUT2D eigenvalue weighted by atomic mass is 19.4. The molecule has 2 aromatic heterocycles. The molecule has 0 aliphatic carbocycles. The van der Waals surface area contributed by atoms with Gasteiger partial charge in [0.15, 0.2) is 17.3 Å². The second-order valence-corrected chi connectivity index (χ2v) is 7.87. The third kappa shape index (κ3) is 5.05. The van der Waals surface area contributed by atoms with Gasteiger partial charge in [-0.05, 0) is 29.7 Å². The Balaban J connectivity index is 2.08. The average molecular weight is 427 g/mol. The van der Waals surface area contributed by atoms with Crippen LogP contribution in [0.15, 0.2) is 36.5 Å². The van der Waals surface area contributed by atoms with Crippen LogP contribution in [0.25, 0.3) is 16.9 Å². The zero-order valence-electron chi connectivity index (χ0n) is 16.3. The monoisotopic (exact) mass is 427 g/mol. The number of nitrogens with one attached hydrogen (secondary N) is 1. The predicted molar refractivity (Wildman–Crippen MR) is 99.9 cm³/mol. The van der Waals surface area contributed by atoms with Gasteiger partial charge in [-0.15, -0.1) is 13.2 Å². The van der Waals surface area contributed by atoms with Crippen LogP contribution in [0.2, 0.25) is 0 Å². The van der Waals surface area contributed by atoms with Crippen LogP contribution in [0.5, 0.6) is 5.75 Å². The van der Waals surface area contributed by atoms with Gasteiger partial charge >= 0.3 is 6.36 Å². The molecule has 0 unspecified atom stereocenters. The summed E-state index contributed by atoms with van der Waals surface area (Å²) in [6, 6.07) is 5.30. The Morgan fingerprint density at radius 2 is 1.77 bits per heavy atom. The first-order chi connectivity index (χ1) is 13.8. The third-order valence-electron chi connectivity index (χ3n) is 3.95. The molecule has 160 valence electrons. The van der Waals surface area contributed by atoms with E-state index in [0.717, 1.165) is 22.7 Å². The van der Waals surface area contributed by atoms with Crippen molar-refractivity contribution in [2.75, 3.05) is 5.32 Å². The van der Waals surface area contributed by atoms with Crippen molar-refractivity contribution in [2.45, 2.75) is 33.6 Å². The number of ether oxygens (including phenoxy) is 1. The second kappa shape index (κ2) is 7.58. The number of hydrogen-bond acceptors (Lipinski definition) is 3. The average Bonchev–Trinajstić information content (AvgIpc) is 2.90. The molecule has 0 saturated carbocycles. The normalized spacial score (nSPS) is 12.3. The Labute approximate surface area is 168 Å². The molecule has 1 amide bonds. The van der Waals surface area contributed by atoms with Crippen molar-refractivity contribution in [3.63, 3.8) is 0 Å². The van der Waals surface area contributed by atoms with Gasteiger partial charge in [-0.1, -0.05) is 20.8 Å². The minimum atomic E-state index is -4.86. The first-order valence-electron chi connectivity index (χ1n) is 8.85. The van der Waals surface area contributed by atoms with Crippen LogP contribution in [0.3, 0.4) is 0 Å². The van der Waals surface area contributed by atoms with Crippen LogP contribution in [0.4, 0.5) is 27.8 Å². The number of benzene rings is 1. The molecular formula is C20H18F5N3O2. The molecule has 0 bridgehead atoms. The maximum atomic E-state index is 14.2. The minimum Gasteiger partial charge on any atom is -0.406 e. The fourth-order valence-corrected chi connectivity index (χ4v) is 2.91. The molecule has 5 nitrogen and oxygen atoms in total. The van der Waals surface area contributed by atoms with Gasteiger partial charge in [0.2, 0.25) is 5.91 Å². The number of amides is 1. The number of aromatic nitrogens is 2. The number of rotatable bonds is 4. The molecule has 1 N–H and O–H groups in total. The largest absolute Gasteiger partial charge is 0.573 e. The summed E-state index contributed by atoms with van der Waals surface area (Å²) in [5.74, 6) is -2.74. The fraction of sp³-hybridized carbons (Fsp3) is 0.300. The lowest BCUT2D eigenvalue weighted by Gasteiger charge is -2.17. The van der Waals surface area contributed by atoms with E-state index in [-0.39, 0.29) is 34.6 Å². The lowest BCUT2D eigenvalue weighted by Crippen LogP contribution is -2.20. The molecule has 30 heavy (non-hydrogen) atoms. The Morgan fingerprint density at radius 3 is 2.33 bits per heavy atom. The van der Waals surface area contributed by atoms with E-state index in [9.17, 15) is 26.7 Å². The highest BCUT2D eigenvalue weighted by Crippen LogP contribution is 2.33. The smallest absolute Gasteiger partial charge is 0.406 e. The number of alkyl halides is 3. The highest BCUT2D eigenvalue weighted by Gasteiger charge is 2.31. The van der Waals surface area contributed by atoms with Crippen LogP contribution in [0.1, 0.15) is 27.2 Å². The number of pyridine rings is 1. The number of carbonyl (C=O) groups is 1. The maximum Gasteiger partial charge on any atom is 0.573 e. The number of halogens is 5. The summed E-state index contributed by atoms with van der Waals surface area (Å²) in [5.41, 5.74) is -0.192. The number of imidazole rings is 1. The first-order valence-corrected chi connectivity index (χ1v) is 8.85. The molecular weight excluding hydrogens is 409 g/mol. The van der Waals surface area contributed by atoms with Gasteiger partial charge in [-0.2, -0.15) is 0 Å². The molecule has 1 aromatic carbocycles. The predicted octanol–water partition coefficient (Wildman–Crippen LogP) is 5.55. The maximum absolute atomic E-state index is 14.2. The van der Waals surface area contributed by atoms with E-state index in [1.54, 1.807) is 0 Å². The molecule has 0 radical (unpaired) electrons. The second-order valence-electron chi connectivity index (χ2n) is 7.87. The number of fused-ring (bicyclic) bond motifs is 1. The van der Waals surface area contributed by atoms with Gasteiger partial charge in [-0.3, -0.25) is 9.20 Å². The molecule has 0 aliphatic heterocycles. The molecule has 0 spiro atoms. The Hall–Kier alpha value is -3.17. The summed E-state index contributed by atoms with van der Waals surface area (Å²) in [7, 11) is 0. The molecule has 0 aliphatic rings. The first kappa shape index (κ1) is 21.5. The topological polar surface area (TPSA) is 55.6 Å². The molecule has 0 saturated heterocycles. The Kier molecular flexibility index (Phi) is 5.44. The van der Waals surface area contributed by atoms with E-state index in [0.29, 0.717) is 6.07 Å². The van der Waals surface area contributed by atoms with Gasteiger partial charge in [-0.25, -0.2) is 13.8 Å². The molecule has 0 fully saturated rings. The van der Waals surface area contributed by atoms with E-state index in [1.165, 1.54) is 12.1 Å². The van der Waals surface area contributed by atoms with Crippen molar-refractivity contribution in [3.8, 4) is 17.0 Å². The van der Waals surface area contributed by atoms with E-state index in [1.807, 2.05) is 20.8 Å². The molecule has 3 aromatic rings. The van der Waals surface area contributed by atoms with Crippen LogP contribution in [0, 0.1) is 17.0 Å². The van der Waals surface area contributed by atoms with Crippen LogP contribution in [-0.4, -0.2) is 21.7 Å². The molecule has 2 heterocycles. The minimum absolute atomic E-state index is 0.0433. The van der Waals surface area contributed by atoms with Gasteiger partial charge in [0, 0.05) is 24.2 Å². The number of hydrogen-bond donors (Lipinski definition) is 1. The Bertz CT molecular complexity index is 1080. The SMILES string of the molecule is CC(C)(C)CC(=O)Nc1nc2c(F)cc(F)cn2c1-c1ccc(OC(F)(F)F)cc1. The number of carbonyl (C=O) groups excluding carboxylic acids is 1. The van der Waals surface area contributed by atoms with Crippen LogP contribution < -0.4 is 10.1 Å². The summed E-state index contributed by atoms with van der Waals surface area (Å²) in [6.07, 6.45) is -3.75. The van der Waals surface area contributed by atoms with Crippen molar-refractivity contribution < 1.29 is 31.5 Å². The van der Waals surface area contributed by atoms with Gasteiger partial charge in [0.05, 0.1) is 5.69 Å². The highest BCUT2D eigenvalue weighted by molar-refractivity contribution is 5.94. The number of nitrogens with zero attached hydrogens (tertiary/aromatic N) is 2. The zero-order chi connectivity index (χ0) is 22.3. The fourth-order valence-electron chi connectivity index (χ4n) is 2.91. The van der Waals surface area contributed by atoms with Crippen molar-refractivity contribution in [2.24, 2.45) is 5.41 Å². The lowest BCUT2D eigenvalue weighted by atomic mass is 9.92. The molecule has 10 heteroatoms. The quantitative estimate of drug-likeness (QED) is 0.556. The number of anilines is 1. The Morgan fingerprint density at radius 1 is 1.13 bits per heavy atom. The van der Waals surface area contributed by atoms with Crippen LogP contribution >= 0.6 is 0 Å². The van der Waals surface area contributed by atoms with E-state index >= 15 is 0 Å². The van der Waals surface area contributed by atoms with Gasteiger partial charge < -0.3 is 10.1 Å². The summed E-state index contributed by atoms with van der Waals surface area (Å²) < 4.78 is 70.1. The molecule has 0 atom stereocenters. The van der Waals surface area contributed by atoms with Crippen molar-refractivity contribution in [3.05, 3.63) is 48.2 Å². The summed E-state index contributed by atoms with van der Waals surface area (Å²) >= 11 is 0. The summed E-state index contributed by atoms with van der Waals surface area (Å²) in [5, 5.41) is 2.58. The van der Waals surface area contributed by atoms with Gasteiger partial charge in [0.25, 0.3) is 0 Å². The summed E-state index contributed by atoms with van der Waals surface area (Å²) in [6.45, 7) is 5.56. The van der Waals surface area contributed by atoms with E-state index < -0.39 is 29.7 Å².